The molecule has 1 fully saturated rings. The van der Waals surface area contributed by atoms with Crippen molar-refractivity contribution in [3.05, 3.63) is 59.8 Å². The quantitative estimate of drug-likeness (QED) is 0.621. The van der Waals surface area contributed by atoms with Gasteiger partial charge in [0.1, 0.15) is 5.82 Å². The Morgan fingerprint density at radius 2 is 2.04 bits per heavy atom. The van der Waals surface area contributed by atoms with Crippen molar-refractivity contribution in [1.82, 2.24) is 19.3 Å². The first-order valence-corrected chi connectivity index (χ1v) is 11.0. The number of amides is 1. The van der Waals surface area contributed by atoms with Gasteiger partial charge in [0.25, 0.3) is 5.91 Å². The largest absolute Gasteiger partial charge is 0.304 e. The van der Waals surface area contributed by atoms with E-state index in [1.165, 1.54) is 0 Å². The maximum absolute atomic E-state index is 12.8. The minimum Gasteiger partial charge on any atom is -0.304 e. The number of aromatic nitrogens is 3. The molecule has 1 saturated heterocycles. The van der Waals surface area contributed by atoms with Crippen molar-refractivity contribution in [2.45, 2.75) is 13.5 Å². The number of nitrogens with zero attached hydrogens (tertiary/aromatic N) is 4. The highest BCUT2D eigenvalue weighted by atomic mass is 32.3. The van der Waals surface area contributed by atoms with Crippen molar-refractivity contribution in [1.29, 1.82) is 0 Å². The summed E-state index contributed by atoms with van der Waals surface area (Å²) in [5.41, 5.74) is 2.67. The van der Waals surface area contributed by atoms with E-state index < -0.39 is 10.6 Å². The smallest absolute Gasteiger partial charge is 0.293 e. The normalized spacial score (nSPS) is 18.1. The van der Waals surface area contributed by atoms with Crippen LogP contribution in [0, 0.1) is 6.92 Å². The van der Waals surface area contributed by atoms with Gasteiger partial charge in [-0.1, -0.05) is 6.07 Å². The second-order valence-electron chi connectivity index (χ2n) is 7.00. The zero-order valence-corrected chi connectivity index (χ0v) is 16.4. The molecule has 4 rings (SSSR count). The van der Waals surface area contributed by atoms with E-state index in [1.807, 2.05) is 37.4 Å². The van der Waals surface area contributed by atoms with Gasteiger partial charge in [0, 0.05) is 32.0 Å². The maximum Gasteiger partial charge on any atom is 0.293 e. The van der Waals surface area contributed by atoms with Crippen molar-refractivity contribution in [3.63, 3.8) is 0 Å². The molecule has 9 heteroatoms. The fraction of sp³-hybridized carbons (Fsp3) is 0.316. The molecule has 1 amide bonds. The van der Waals surface area contributed by atoms with E-state index in [9.17, 15) is 13.9 Å². The molecule has 148 valence electrons. The number of aryl methyl sites for hydroxylation is 1. The van der Waals surface area contributed by atoms with Gasteiger partial charge in [-0.15, -0.1) is 0 Å². The zero-order chi connectivity index (χ0) is 19.7. The third-order valence-electron chi connectivity index (χ3n) is 4.83. The average Bonchev–Trinajstić information content (AvgIpc) is 3.02. The van der Waals surface area contributed by atoms with Gasteiger partial charge in [0.2, 0.25) is 5.82 Å². The molecule has 3 aromatic rings. The summed E-state index contributed by atoms with van der Waals surface area (Å²) in [5, 5.41) is 2.81. The van der Waals surface area contributed by atoms with Crippen molar-refractivity contribution in [3.8, 4) is 0 Å². The molecule has 0 aromatic carbocycles. The van der Waals surface area contributed by atoms with Gasteiger partial charge in [0.15, 0.2) is 0 Å². The number of anilines is 1. The summed E-state index contributed by atoms with van der Waals surface area (Å²) in [6, 6.07) is 9.38. The van der Waals surface area contributed by atoms with Crippen molar-refractivity contribution in [2.24, 2.45) is 0 Å². The molecule has 8 nitrogen and oxygen atoms in total. The number of pyridine rings is 2. The Bertz CT molecular complexity index is 1010. The molecule has 0 aliphatic carbocycles. The van der Waals surface area contributed by atoms with Crippen molar-refractivity contribution in [2.75, 3.05) is 29.9 Å². The van der Waals surface area contributed by atoms with Crippen LogP contribution in [0.4, 0.5) is 5.82 Å². The second-order valence-corrected chi connectivity index (χ2v) is 9.42. The number of hydrogen-bond acceptors (Lipinski definition) is 6. The summed E-state index contributed by atoms with van der Waals surface area (Å²) < 4.78 is 21.4. The summed E-state index contributed by atoms with van der Waals surface area (Å²) in [6.07, 6.45) is 3.47. The summed E-state index contributed by atoms with van der Waals surface area (Å²) in [4.78, 5) is 23.7. The predicted molar refractivity (Wildman–Crippen MR) is 110 cm³/mol. The minimum absolute atomic E-state index is 0.301. The summed E-state index contributed by atoms with van der Waals surface area (Å²) in [7, 11) is -2.44. The third-order valence-corrected chi connectivity index (χ3v) is 6.50. The first kappa shape index (κ1) is 18.9. The molecule has 3 aromatic heterocycles. The molecule has 3 N–H and O–H groups in total. The fourth-order valence-electron chi connectivity index (χ4n) is 3.29. The van der Waals surface area contributed by atoms with Gasteiger partial charge in [-0.05, 0) is 36.8 Å². The minimum atomic E-state index is -2.44. The third kappa shape index (κ3) is 4.02. The number of carbonyl (C=O) groups is 1. The van der Waals surface area contributed by atoms with E-state index >= 15 is 0 Å². The van der Waals surface area contributed by atoms with E-state index in [-0.39, 0.29) is 5.91 Å². The lowest BCUT2D eigenvalue weighted by Crippen LogP contribution is -2.37. The molecule has 0 bridgehead atoms. The molecule has 0 saturated carbocycles. The standard InChI is InChI=1S/C19H23N5O3S/c1-14-5-6-20-17(12-14)22-19(25)18-21-15(16-4-2-3-7-24(16)18)13-23-8-10-28(26,27)11-9-23/h2-7,12,26-27H,8-11,13H2,1H3,(H,20,22,25). The first-order chi connectivity index (χ1) is 13.4. The van der Waals surface area contributed by atoms with Crippen LogP contribution >= 0.6 is 10.6 Å². The topological polar surface area (TPSA) is 103 Å². The van der Waals surface area contributed by atoms with Crippen molar-refractivity contribution < 1.29 is 13.9 Å². The number of carbonyl (C=O) groups excluding carboxylic acids is 1. The van der Waals surface area contributed by atoms with E-state index in [0.29, 0.717) is 42.8 Å². The van der Waals surface area contributed by atoms with E-state index in [0.717, 1.165) is 16.8 Å². The van der Waals surface area contributed by atoms with Crippen LogP contribution in [0.3, 0.4) is 0 Å². The van der Waals surface area contributed by atoms with Crippen LogP contribution in [-0.4, -0.2) is 58.9 Å². The van der Waals surface area contributed by atoms with E-state index in [2.05, 4.69) is 20.2 Å². The molecule has 0 atom stereocenters. The Morgan fingerprint density at radius 3 is 2.79 bits per heavy atom. The number of hydrogen-bond donors (Lipinski definition) is 3. The van der Waals surface area contributed by atoms with E-state index in [4.69, 9.17) is 0 Å². The second kappa shape index (κ2) is 7.51. The average molecular weight is 401 g/mol. The summed E-state index contributed by atoms with van der Waals surface area (Å²) in [5.74, 6) is 1.23. The maximum atomic E-state index is 12.8. The number of rotatable bonds is 4. The lowest BCUT2D eigenvalue weighted by molar-refractivity contribution is 0.101. The fourth-order valence-corrected chi connectivity index (χ4v) is 4.59. The van der Waals surface area contributed by atoms with Crippen LogP contribution in [0.15, 0.2) is 42.7 Å². The molecule has 0 radical (unpaired) electrons. The van der Waals surface area contributed by atoms with Gasteiger partial charge in [-0.25, -0.2) is 9.97 Å². The lowest BCUT2D eigenvalue weighted by atomic mass is 10.3. The molecule has 1 aliphatic rings. The highest BCUT2D eigenvalue weighted by molar-refractivity contribution is 8.24. The zero-order valence-electron chi connectivity index (χ0n) is 15.6. The first-order valence-electron chi connectivity index (χ1n) is 9.07. The monoisotopic (exact) mass is 401 g/mol. The molecule has 1 aliphatic heterocycles. The van der Waals surface area contributed by atoms with Gasteiger partial charge in [0.05, 0.1) is 22.7 Å². The van der Waals surface area contributed by atoms with Gasteiger partial charge >= 0.3 is 0 Å². The van der Waals surface area contributed by atoms with Crippen LogP contribution < -0.4 is 5.32 Å². The molecular weight excluding hydrogens is 378 g/mol. The number of imidazole rings is 1. The Labute approximate surface area is 164 Å². The molecule has 0 spiro atoms. The number of fused-ring (bicyclic) bond motifs is 1. The van der Waals surface area contributed by atoms with Gasteiger partial charge in [-0.3, -0.25) is 23.2 Å². The molecule has 28 heavy (non-hydrogen) atoms. The molecule has 4 heterocycles. The summed E-state index contributed by atoms with van der Waals surface area (Å²) >= 11 is 0. The van der Waals surface area contributed by atoms with Crippen LogP contribution in [0.25, 0.3) is 5.52 Å². The Balaban J connectivity index is 1.58. The summed E-state index contributed by atoms with van der Waals surface area (Å²) in [6.45, 7) is 3.69. The Morgan fingerprint density at radius 1 is 1.25 bits per heavy atom. The van der Waals surface area contributed by atoms with E-state index in [1.54, 1.807) is 16.7 Å². The van der Waals surface area contributed by atoms with Gasteiger partial charge < -0.3 is 5.32 Å². The predicted octanol–water partition coefficient (Wildman–Crippen LogP) is 2.86. The Kier molecular flexibility index (Phi) is 5.07. The van der Waals surface area contributed by atoms with Crippen LogP contribution in [-0.2, 0) is 6.54 Å². The number of nitrogens with one attached hydrogen (secondary N) is 1. The lowest BCUT2D eigenvalue weighted by Gasteiger charge is -2.40. The van der Waals surface area contributed by atoms with Crippen molar-refractivity contribution >= 4 is 27.8 Å². The molecule has 0 unspecified atom stereocenters. The SMILES string of the molecule is Cc1ccnc(NC(=O)c2nc(CN3CCS(O)(O)CC3)c3ccccn23)c1. The van der Waals surface area contributed by atoms with Gasteiger partial charge in [-0.2, -0.15) is 10.6 Å². The van der Waals surface area contributed by atoms with Crippen LogP contribution in [0.5, 0.6) is 0 Å². The Hall–Kier alpha value is -2.46. The van der Waals surface area contributed by atoms with Crippen LogP contribution in [0.1, 0.15) is 21.9 Å². The molecular formula is C19H23N5O3S. The van der Waals surface area contributed by atoms with Crippen LogP contribution in [0.2, 0.25) is 0 Å². The highest BCUT2D eigenvalue weighted by Gasteiger charge is 2.24. The highest BCUT2D eigenvalue weighted by Crippen LogP contribution is 2.40.